The zero-order valence-electron chi connectivity index (χ0n) is 11.4. The number of hydrogen-bond acceptors (Lipinski definition) is 1. The monoisotopic (exact) mass is 262 g/mol. The van der Waals surface area contributed by atoms with Gasteiger partial charge in [0.05, 0.1) is 5.02 Å². The van der Waals surface area contributed by atoms with Crippen molar-refractivity contribution in [3.8, 4) is 0 Å². The predicted molar refractivity (Wildman–Crippen MR) is 72.2 cm³/mol. The fraction of sp³-hybridized carbons (Fsp3) is 0.462. The first-order valence-corrected chi connectivity index (χ1v) is 7.20. The molecule has 0 bridgehead atoms. The van der Waals surface area contributed by atoms with Crippen LogP contribution in [0.3, 0.4) is 0 Å². The van der Waals surface area contributed by atoms with Crippen LogP contribution in [0.1, 0.15) is 43.0 Å². The average Bonchev–Trinajstić information content (AvgIpc) is 2.70. The topological polar surface area (TPSA) is 17.1 Å². The second-order valence-electron chi connectivity index (χ2n) is 4.39. The summed E-state index contributed by atoms with van der Waals surface area (Å²) in [6.07, 6.45) is 5.00. The van der Waals surface area contributed by atoms with Gasteiger partial charge in [-0.2, -0.15) is 0 Å². The van der Waals surface area contributed by atoms with Crippen LogP contribution in [0.25, 0.3) is 0 Å². The van der Waals surface area contributed by atoms with E-state index in [0.29, 0.717) is 19.3 Å². The van der Waals surface area contributed by atoms with Crippen LogP contribution >= 0.6 is 20.2 Å². The van der Waals surface area contributed by atoms with Crippen LogP contribution in [0.5, 0.6) is 0 Å². The summed E-state index contributed by atoms with van der Waals surface area (Å²) in [7, 11) is 0.407. The molecule has 1 aromatic rings. The SMILES string of the molecule is Cc1cccc(Cl)c1C(=O)PC1CCCC1.[H-].[Li+]. The van der Waals surface area contributed by atoms with E-state index in [4.69, 9.17) is 11.6 Å². The molecule has 1 atom stereocenters. The first kappa shape index (κ1) is 15.3. The van der Waals surface area contributed by atoms with E-state index < -0.39 is 0 Å². The predicted octanol–water partition coefficient (Wildman–Crippen LogP) is 1.53. The minimum atomic E-state index is 0. The average molecular weight is 263 g/mol. The van der Waals surface area contributed by atoms with Crippen molar-refractivity contribution in [1.29, 1.82) is 0 Å². The van der Waals surface area contributed by atoms with E-state index in [2.05, 4.69) is 0 Å². The summed E-state index contributed by atoms with van der Waals surface area (Å²) in [4.78, 5) is 12.2. The molecule has 1 saturated carbocycles. The molecule has 0 aliphatic heterocycles. The first-order chi connectivity index (χ1) is 7.68. The number of rotatable bonds is 3. The molecule has 1 nitrogen and oxygen atoms in total. The molecule has 88 valence electrons. The van der Waals surface area contributed by atoms with E-state index in [1.807, 2.05) is 19.1 Å². The number of hydrogen-bond donors (Lipinski definition) is 0. The van der Waals surface area contributed by atoms with Crippen LogP contribution in [0.2, 0.25) is 5.02 Å². The Hall–Kier alpha value is 0.207. The van der Waals surface area contributed by atoms with E-state index in [1.54, 1.807) is 6.07 Å². The van der Waals surface area contributed by atoms with Crippen LogP contribution in [0.15, 0.2) is 18.2 Å². The largest absolute Gasteiger partial charge is 1.00 e. The van der Waals surface area contributed by atoms with Crippen LogP contribution in [-0.4, -0.2) is 11.2 Å². The van der Waals surface area contributed by atoms with Crippen molar-refractivity contribution < 1.29 is 25.1 Å². The second kappa shape index (κ2) is 6.96. The summed E-state index contributed by atoms with van der Waals surface area (Å²) in [6.45, 7) is 1.96. The van der Waals surface area contributed by atoms with Gasteiger partial charge in [-0.1, -0.05) is 36.6 Å². The molecule has 4 heteroatoms. The van der Waals surface area contributed by atoms with Gasteiger partial charge in [0.2, 0.25) is 0 Å². The molecule has 1 aliphatic rings. The van der Waals surface area contributed by atoms with Gasteiger partial charge in [0.25, 0.3) is 0 Å². The summed E-state index contributed by atoms with van der Waals surface area (Å²) in [5.74, 6) is 0. The maximum Gasteiger partial charge on any atom is 1.00 e. The Kier molecular flexibility index (Phi) is 6.25. The summed E-state index contributed by atoms with van der Waals surface area (Å²) in [6, 6.07) is 5.66. The van der Waals surface area contributed by atoms with Crippen molar-refractivity contribution in [1.82, 2.24) is 0 Å². The third-order valence-electron chi connectivity index (χ3n) is 3.14. The molecule has 0 N–H and O–H groups in total. The molecule has 0 heterocycles. The smallest absolute Gasteiger partial charge is 1.00 e. The number of benzene rings is 1. The summed E-state index contributed by atoms with van der Waals surface area (Å²) >= 11 is 6.09. The molecule has 0 saturated heterocycles. The third kappa shape index (κ3) is 3.83. The van der Waals surface area contributed by atoms with Crippen LogP contribution in [0, 0.1) is 6.92 Å². The van der Waals surface area contributed by atoms with Crippen LogP contribution < -0.4 is 18.9 Å². The fourth-order valence-electron chi connectivity index (χ4n) is 2.25. The minimum Gasteiger partial charge on any atom is -1.00 e. The maximum atomic E-state index is 12.2. The molecular formula is C13H17ClLiOP. The van der Waals surface area contributed by atoms with Gasteiger partial charge in [0.1, 0.15) is 0 Å². The van der Waals surface area contributed by atoms with Gasteiger partial charge in [-0.05, 0) is 45.6 Å². The Morgan fingerprint density at radius 2 is 2.06 bits per heavy atom. The van der Waals surface area contributed by atoms with Gasteiger partial charge in [-0.3, -0.25) is 4.79 Å². The molecule has 17 heavy (non-hydrogen) atoms. The van der Waals surface area contributed by atoms with Gasteiger partial charge in [0, 0.05) is 5.56 Å². The van der Waals surface area contributed by atoms with Crippen molar-refractivity contribution in [2.45, 2.75) is 38.3 Å². The van der Waals surface area contributed by atoms with Gasteiger partial charge < -0.3 is 1.43 Å². The Morgan fingerprint density at radius 1 is 1.41 bits per heavy atom. The van der Waals surface area contributed by atoms with Gasteiger partial charge >= 0.3 is 18.9 Å². The third-order valence-corrected chi connectivity index (χ3v) is 4.95. The number of carbonyl (C=O) groups excluding carboxylic acids is 1. The molecule has 1 fully saturated rings. The van der Waals surface area contributed by atoms with Crippen LogP contribution in [-0.2, 0) is 0 Å². The molecule has 1 aliphatic carbocycles. The van der Waals surface area contributed by atoms with Gasteiger partial charge in [-0.15, -0.1) is 0 Å². The molecule has 0 spiro atoms. The minimum absolute atomic E-state index is 0. The van der Waals surface area contributed by atoms with Crippen molar-refractivity contribution in [2.75, 3.05) is 0 Å². The van der Waals surface area contributed by atoms with Crippen molar-refractivity contribution in [3.63, 3.8) is 0 Å². The van der Waals surface area contributed by atoms with Gasteiger partial charge in [-0.25, -0.2) is 0 Å². The van der Waals surface area contributed by atoms with Crippen molar-refractivity contribution in [3.05, 3.63) is 34.3 Å². The number of aryl methyl sites for hydroxylation is 1. The molecule has 1 aromatic carbocycles. The van der Waals surface area contributed by atoms with E-state index in [0.717, 1.165) is 11.1 Å². The molecule has 0 amide bonds. The Labute approximate surface area is 123 Å². The molecule has 0 aromatic heterocycles. The standard InChI is InChI=1S/C13H16ClOP.Li.H/c1-9-5-4-8-11(14)12(9)13(15)16-10-6-2-3-7-10;;/h4-5,8,10,16H,2-3,6-7H2,1H3;;/q;+1;-1. The zero-order chi connectivity index (χ0) is 11.5. The Balaban J connectivity index is 0.00000144. The van der Waals surface area contributed by atoms with E-state index in [9.17, 15) is 4.79 Å². The van der Waals surface area contributed by atoms with Crippen molar-refractivity contribution in [2.24, 2.45) is 0 Å². The fourth-order valence-corrected chi connectivity index (χ4v) is 4.18. The van der Waals surface area contributed by atoms with E-state index in [-0.39, 0.29) is 25.8 Å². The molecule has 2 rings (SSSR count). The normalized spacial score (nSPS) is 16.4. The zero-order valence-corrected chi connectivity index (χ0v) is 12.2. The number of halogens is 1. The van der Waals surface area contributed by atoms with Gasteiger partial charge in [0.15, 0.2) is 5.52 Å². The quantitative estimate of drug-likeness (QED) is 0.596. The summed E-state index contributed by atoms with van der Waals surface area (Å²) in [5, 5.41) is 0.607. The molecular weight excluding hydrogens is 246 g/mol. The Bertz CT molecular complexity index is 388. The summed E-state index contributed by atoms with van der Waals surface area (Å²) in [5.41, 5.74) is 2.61. The number of carbonyl (C=O) groups is 1. The molecule has 1 unspecified atom stereocenters. The maximum absolute atomic E-state index is 12.2. The van der Waals surface area contributed by atoms with Crippen molar-refractivity contribution >= 4 is 25.7 Å². The second-order valence-corrected chi connectivity index (χ2v) is 6.35. The first-order valence-electron chi connectivity index (χ1n) is 5.74. The van der Waals surface area contributed by atoms with E-state index >= 15 is 0 Å². The van der Waals surface area contributed by atoms with E-state index in [1.165, 1.54) is 25.7 Å². The summed E-state index contributed by atoms with van der Waals surface area (Å²) < 4.78 is 0. The Morgan fingerprint density at radius 3 is 2.65 bits per heavy atom. The van der Waals surface area contributed by atoms with Crippen LogP contribution in [0.4, 0.5) is 0 Å². The molecule has 0 radical (unpaired) electrons.